The van der Waals surface area contributed by atoms with Gasteiger partial charge in [0.1, 0.15) is 17.6 Å². The minimum atomic E-state index is -4.67. The Morgan fingerprint density at radius 1 is 1.12 bits per heavy atom. The Bertz CT molecular complexity index is 1570. The number of hydroxylamine groups is 1. The van der Waals surface area contributed by atoms with Crippen molar-refractivity contribution in [3.8, 4) is 22.8 Å². The third kappa shape index (κ3) is 5.88. The minimum absolute atomic E-state index is 0.0901. The summed E-state index contributed by atoms with van der Waals surface area (Å²) in [5.74, 6) is 0.438. The molecule has 10 heteroatoms. The SMILES string of the molecule is CCCC(CNOc1cc(OC)c2c(c1)=C[N+]=2CCC)c1cc2c(c(-c3cc(F)cc(C(F)(F)F)c3)n1)NCC2C. The topological polar surface area (TPSA) is 58.4 Å². The van der Waals surface area contributed by atoms with Crippen LogP contribution in [0.4, 0.5) is 23.2 Å². The zero-order valence-corrected chi connectivity index (χ0v) is 23.7. The minimum Gasteiger partial charge on any atom is -0.490 e. The van der Waals surface area contributed by atoms with Crippen LogP contribution in [0.15, 0.2) is 36.4 Å². The highest BCUT2D eigenvalue weighted by Gasteiger charge is 2.33. The summed E-state index contributed by atoms with van der Waals surface area (Å²) >= 11 is 0. The van der Waals surface area contributed by atoms with E-state index in [1.54, 1.807) is 7.11 Å². The number of nitrogens with zero attached hydrogens (tertiary/aromatic N) is 2. The molecular formula is C31H35F4N4O2+. The van der Waals surface area contributed by atoms with E-state index >= 15 is 0 Å². The molecule has 1 aromatic heterocycles. The number of hydrogen-bond acceptors (Lipinski definition) is 5. The van der Waals surface area contributed by atoms with E-state index in [9.17, 15) is 17.6 Å². The molecule has 2 aromatic carbocycles. The highest BCUT2D eigenvalue weighted by atomic mass is 19.4. The molecule has 3 heterocycles. The van der Waals surface area contributed by atoms with Crippen LogP contribution in [0.25, 0.3) is 17.5 Å². The Kier molecular flexibility index (Phi) is 8.22. The predicted molar refractivity (Wildman–Crippen MR) is 151 cm³/mol. The summed E-state index contributed by atoms with van der Waals surface area (Å²) in [7, 11) is 1.63. The van der Waals surface area contributed by atoms with Gasteiger partial charge in [-0.3, -0.25) is 4.98 Å². The third-order valence-electron chi connectivity index (χ3n) is 7.60. The number of halogens is 4. The molecule has 2 N–H and O–H groups in total. The number of methoxy groups -OCH3 is 1. The van der Waals surface area contributed by atoms with Crippen LogP contribution in [0, 0.1) is 5.82 Å². The summed E-state index contributed by atoms with van der Waals surface area (Å²) in [4.78, 5) is 10.7. The monoisotopic (exact) mass is 571 g/mol. The average Bonchev–Trinajstić information content (AvgIpc) is 3.30. The molecule has 218 valence electrons. The first-order chi connectivity index (χ1) is 19.6. The number of hydrogen-bond donors (Lipinski definition) is 2. The number of anilines is 1. The van der Waals surface area contributed by atoms with Crippen molar-refractivity contribution in [1.29, 1.82) is 0 Å². The first kappa shape index (κ1) is 28.9. The van der Waals surface area contributed by atoms with E-state index in [4.69, 9.17) is 14.6 Å². The Labute approximate surface area is 236 Å². The van der Waals surface area contributed by atoms with Gasteiger partial charge in [0.15, 0.2) is 17.7 Å². The normalized spacial score (nSPS) is 16.3. The van der Waals surface area contributed by atoms with E-state index in [2.05, 4.69) is 35.4 Å². The van der Waals surface area contributed by atoms with Crippen LogP contribution >= 0.6 is 0 Å². The van der Waals surface area contributed by atoms with Crippen molar-refractivity contribution < 1.29 is 27.1 Å². The quantitative estimate of drug-likeness (QED) is 0.179. The number of alkyl halides is 3. The van der Waals surface area contributed by atoms with Crippen LogP contribution in [0.3, 0.4) is 0 Å². The van der Waals surface area contributed by atoms with E-state index in [0.29, 0.717) is 36.3 Å². The molecule has 0 aliphatic carbocycles. The Morgan fingerprint density at radius 2 is 1.93 bits per heavy atom. The van der Waals surface area contributed by atoms with Crippen LogP contribution in [0.5, 0.6) is 11.5 Å². The Balaban J connectivity index is 1.43. The largest absolute Gasteiger partial charge is 0.490 e. The van der Waals surface area contributed by atoms with Crippen molar-refractivity contribution in [3.05, 3.63) is 69.6 Å². The van der Waals surface area contributed by atoms with Gasteiger partial charge in [-0.1, -0.05) is 27.2 Å². The molecule has 0 spiro atoms. The number of ether oxygens (including phenoxy) is 1. The fraction of sp³-hybridized carbons (Fsp3) is 0.419. The molecule has 0 fully saturated rings. The summed E-state index contributed by atoms with van der Waals surface area (Å²) in [5, 5.41) is 5.36. The molecule has 0 amide bonds. The summed E-state index contributed by atoms with van der Waals surface area (Å²) in [6, 6.07) is 8.40. The zero-order valence-electron chi connectivity index (χ0n) is 23.7. The molecule has 0 bridgehead atoms. The van der Waals surface area contributed by atoms with Gasteiger partial charge in [-0.05, 0) is 36.2 Å². The smallest absolute Gasteiger partial charge is 0.416 e. The highest BCUT2D eigenvalue weighted by Crippen LogP contribution is 2.42. The Hall–Kier alpha value is -3.66. The molecule has 2 aliphatic heterocycles. The van der Waals surface area contributed by atoms with E-state index < -0.39 is 17.6 Å². The van der Waals surface area contributed by atoms with E-state index in [-0.39, 0.29) is 17.4 Å². The number of aromatic nitrogens is 1. The molecular weight excluding hydrogens is 536 g/mol. The molecule has 2 aliphatic rings. The maximum atomic E-state index is 14.4. The second-order valence-corrected chi connectivity index (χ2v) is 10.7. The standard InChI is InChI=1S/C31H35F4N4O2/c1-5-7-19(16-37-41-24-11-21-17-39(8-6-2)30(21)27(13-24)40-4)26-14-25-18(3)15-36-29(25)28(38-26)20-9-22(31(33,34)35)12-23(32)10-20/h9-14,17-19,36-37H,5-8,15-16H2,1-4H3/q+1. The summed E-state index contributed by atoms with van der Waals surface area (Å²) in [5.41, 5.74) is 4.80. The molecule has 0 radical (unpaired) electrons. The molecule has 2 atom stereocenters. The molecule has 2 unspecified atom stereocenters. The average molecular weight is 572 g/mol. The van der Waals surface area contributed by atoms with Gasteiger partial charge < -0.3 is 14.9 Å². The predicted octanol–water partition coefficient (Wildman–Crippen LogP) is 5.56. The van der Waals surface area contributed by atoms with Crippen LogP contribution in [0.2, 0.25) is 0 Å². The number of benzene rings is 2. The molecule has 3 aromatic rings. The third-order valence-corrected chi connectivity index (χ3v) is 7.60. The fourth-order valence-corrected chi connectivity index (χ4v) is 5.57. The second-order valence-electron chi connectivity index (χ2n) is 10.7. The van der Waals surface area contributed by atoms with Crippen molar-refractivity contribution in [3.63, 3.8) is 0 Å². The van der Waals surface area contributed by atoms with Crippen LogP contribution in [0.1, 0.15) is 68.7 Å². The lowest BCUT2D eigenvalue weighted by Gasteiger charge is -2.20. The lowest BCUT2D eigenvalue weighted by molar-refractivity contribution is -0.137. The van der Waals surface area contributed by atoms with Gasteiger partial charge in [-0.15, -0.1) is 0 Å². The lowest BCUT2D eigenvalue weighted by Crippen LogP contribution is -2.48. The number of pyridine rings is 1. The molecule has 6 nitrogen and oxygen atoms in total. The van der Waals surface area contributed by atoms with Crippen molar-refractivity contribution in [2.24, 2.45) is 0 Å². The molecule has 0 saturated heterocycles. The summed E-state index contributed by atoms with van der Waals surface area (Å²) in [6.07, 6.45) is 0.0518. The van der Waals surface area contributed by atoms with E-state index in [0.717, 1.165) is 65.5 Å². The van der Waals surface area contributed by atoms with Gasteiger partial charge in [0, 0.05) is 54.7 Å². The van der Waals surface area contributed by atoms with Crippen molar-refractivity contribution in [1.82, 2.24) is 15.0 Å². The first-order valence-corrected chi connectivity index (χ1v) is 14.0. The first-order valence-electron chi connectivity index (χ1n) is 14.0. The van der Waals surface area contributed by atoms with Gasteiger partial charge in [-0.25, -0.2) is 4.39 Å². The van der Waals surface area contributed by atoms with Gasteiger partial charge in [-0.2, -0.15) is 23.2 Å². The summed E-state index contributed by atoms with van der Waals surface area (Å²) < 4.78 is 62.6. The number of rotatable bonds is 11. The van der Waals surface area contributed by atoms with E-state index in [1.165, 1.54) is 0 Å². The van der Waals surface area contributed by atoms with Gasteiger partial charge in [0.2, 0.25) is 0 Å². The molecule has 41 heavy (non-hydrogen) atoms. The van der Waals surface area contributed by atoms with Crippen molar-refractivity contribution >= 4 is 11.9 Å². The second kappa shape index (κ2) is 11.7. The maximum absolute atomic E-state index is 14.4. The zero-order chi connectivity index (χ0) is 29.3. The van der Waals surface area contributed by atoms with Crippen LogP contribution in [-0.4, -0.2) is 31.7 Å². The fourth-order valence-electron chi connectivity index (χ4n) is 5.57. The van der Waals surface area contributed by atoms with Crippen LogP contribution < -0.4 is 35.5 Å². The summed E-state index contributed by atoms with van der Waals surface area (Å²) in [6.45, 7) is 8.20. The van der Waals surface area contributed by atoms with E-state index in [1.807, 2.05) is 25.1 Å². The number of fused-ring (bicyclic) bond motifs is 2. The maximum Gasteiger partial charge on any atom is 0.416 e. The molecule has 0 saturated carbocycles. The van der Waals surface area contributed by atoms with Gasteiger partial charge in [0.05, 0.1) is 24.1 Å². The Morgan fingerprint density at radius 3 is 2.63 bits per heavy atom. The molecule has 5 rings (SSSR count). The highest BCUT2D eigenvalue weighted by molar-refractivity contribution is 5.80. The van der Waals surface area contributed by atoms with Gasteiger partial charge in [0.25, 0.3) is 5.36 Å². The van der Waals surface area contributed by atoms with Gasteiger partial charge >= 0.3 is 6.18 Å². The lowest BCUT2D eigenvalue weighted by atomic mass is 9.93. The van der Waals surface area contributed by atoms with Crippen molar-refractivity contribution in [2.75, 3.05) is 32.1 Å². The van der Waals surface area contributed by atoms with Crippen molar-refractivity contribution in [2.45, 2.75) is 58.0 Å². The van der Waals surface area contributed by atoms with Crippen LogP contribution in [-0.2, 0) is 6.18 Å². The number of nitrogens with one attached hydrogen (secondary N) is 2.